The zero-order valence-electron chi connectivity index (χ0n) is 8.77. The summed E-state index contributed by atoms with van der Waals surface area (Å²) in [7, 11) is 1.83. The van der Waals surface area contributed by atoms with Gasteiger partial charge in [0.25, 0.3) is 5.95 Å². The Morgan fingerprint density at radius 3 is 2.80 bits per heavy atom. The molecule has 0 saturated carbocycles. The van der Waals surface area contributed by atoms with Gasteiger partial charge in [-0.3, -0.25) is 14.4 Å². The fraction of sp³-hybridized carbons (Fsp3) is 0.667. The molecule has 15 heavy (non-hydrogen) atoms. The standard InChI is InChI=1S/C9H13ClN4O/c1-3-7-11-9(12-13(7)2)14-5-6(10)4-8(14)15/h6H,3-5H2,1-2H3. The van der Waals surface area contributed by atoms with Crippen molar-refractivity contribution in [2.75, 3.05) is 11.4 Å². The molecule has 0 aromatic carbocycles. The maximum atomic E-state index is 11.5. The highest BCUT2D eigenvalue weighted by atomic mass is 35.5. The minimum absolute atomic E-state index is 0.00301. The van der Waals surface area contributed by atoms with Gasteiger partial charge in [-0.15, -0.1) is 16.7 Å². The van der Waals surface area contributed by atoms with Crippen LogP contribution >= 0.6 is 11.6 Å². The van der Waals surface area contributed by atoms with Crippen molar-refractivity contribution in [1.82, 2.24) is 14.8 Å². The predicted octanol–water partition coefficient (Wildman–Crippen LogP) is 0.722. The Bertz CT molecular complexity index is 389. The summed E-state index contributed by atoms with van der Waals surface area (Å²) in [6.07, 6.45) is 1.18. The van der Waals surface area contributed by atoms with Crippen LogP contribution in [0.5, 0.6) is 0 Å². The normalized spacial score (nSPS) is 21.4. The minimum Gasteiger partial charge on any atom is -0.278 e. The fourth-order valence-corrected chi connectivity index (χ4v) is 1.95. The van der Waals surface area contributed by atoms with Gasteiger partial charge in [0.15, 0.2) is 0 Å². The number of alkyl halides is 1. The van der Waals surface area contributed by atoms with Crippen LogP contribution in [0.2, 0.25) is 0 Å². The van der Waals surface area contributed by atoms with E-state index in [4.69, 9.17) is 11.6 Å². The van der Waals surface area contributed by atoms with Crippen LogP contribution in [0, 0.1) is 0 Å². The molecule has 0 bridgehead atoms. The van der Waals surface area contributed by atoms with Gasteiger partial charge in [-0.2, -0.15) is 4.98 Å². The van der Waals surface area contributed by atoms with E-state index < -0.39 is 0 Å². The molecular formula is C9H13ClN4O. The van der Waals surface area contributed by atoms with E-state index in [2.05, 4.69) is 10.1 Å². The van der Waals surface area contributed by atoms with E-state index in [1.807, 2.05) is 14.0 Å². The Kier molecular flexibility index (Phi) is 2.65. The highest BCUT2D eigenvalue weighted by Crippen LogP contribution is 2.21. The average molecular weight is 229 g/mol. The molecule has 2 heterocycles. The molecule has 5 nitrogen and oxygen atoms in total. The van der Waals surface area contributed by atoms with Crippen molar-refractivity contribution in [2.45, 2.75) is 25.1 Å². The van der Waals surface area contributed by atoms with Crippen LogP contribution in [0.15, 0.2) is 0 Å². The molecular weight excluding hydrogens is 216 g/mol. The summed E-state index contributed by atoms with van der Waals surface area (Å²) < 4.78 is 1.70. The molecule has 1 saturated heterocycles. The number of hydrogen-bond donors (Lipinski definition) is 0. The number of rotatable bonds is 2. The molecule has 1 aliphatic heterocycles. The Morgan fingerprint density at radius 2 is 2.33 bits per heavy atom. The lowest BCUT2D eigenvalue weighted by Gasteiger charge is -2.09. The van der Waals surface area contributed by atoms with E-state index in [1.54, 1.807) is 9.58 Å². The van der Waals surface area contributed by atoms with Gasteiger partial charge in [0.2, 0.25) is 5.91 Å². The van der Waals surface area contributed by atoms with E-state index in [-0.39, 0.29) is 11.3 Å². The highest BCUT2D eigenvalue weighted by Gasteiger charge is 2.31. The predicted molar refractivity (Wildman–Crippen MR) is 57.0 cm³/mol. The Hall–Kier alpha value is -1.10. The van der Waals surface area contributed by atoms with Gasteiger partial charge >= 0.3 is 0 Å². The lowest BCUT2D eigenvalue weighted by molar-refractivity contribution is -0.117. The first kappa shape index (κ1) is 10.4. The molecule has 1 aromatic heterocycles. The molecule has 1 amide bonds. The van der Waals surface area contributed by atoms with E-state index >= 15 is 0 Å². The number of hydrogen-bond acceptors (Lipinski definition) is 3. The lowest BCUT2D eigenvalue weighted by atomic mass is 10.4. The van der Waals surface area contributed by atoms with Crippen molar-refractivity contribution in [2.24, 2.45) is 7.05 Å². The number of carbonyl (C=O) groups is 1. The summed E-state index contributed by atoms with van der Waals surface area (Å²) in [5.74, 6) is 1.35. The van der Waals surface area contributed by atoms with Crippen LogP contribution in [0.1, 0.15) is 19.2 Å². The smallest absolute Gasteiger partial charge is 0.251 e. The van der Waals surface area contributed by atoms with Crippen LogP contribution in [-0.4, -0.2) is 32.6 Å². The summed E-state index contributed by atoms with van der Waals surface area (Å²) in [5, 5.41) is 4.08. The van der Waals surface area contributed by atoms with Gasteiger partial charge < -0.3 is 0 Å². The number of anilines is 1. The van der Waals surface area contributed by atoms with Crippen molar-refractivity contribution in [1.29, 1.82) is 0 Å². The summed E-state index contributed by atoms with van der Waals surface area (Å²) in [6.45, 7) is 2.51. The highest BCUT2D eigenvalue weighted by molar-refractivity contribution is 6.24. The van der Waals surface area contributed by atoms with Gasteiger partial charge in [-0.05, 0) is 0 Å². The van der Waals surface area contributed by atoms with Crippen molar-refractivity contribution in [3.05, 3.63) is 5.82 Å². The van der Waals surface area contributed by atoms with E-state index in [0.717, 1.165) is 12.2 Å². The molecule has 0 radical (unpaired) electrons. The van der Waals surface area contributed by atoms with Gasteiger partial charge in [0, 0.05) is 26.4 Å². The van der Waals surface area contributed by atoms with Crippen molar-refractivity contribution >= 4 is 23.5 Å². The molecule has 6 heteroatoms. The number of nitrogens with zero attached hydrogens (tertiary/aromatic N) is 4. The van der Waals surface area contributed by atoms with E-state index in [1.165, 1.54) is 0 Å². The van der Waals surface area contributed by atoms with Crippen LogP contribution in [0.25, 0.3) is 0 Å². The van der Waals surface area contributed by atoms with Crippen molar-refractivity contribution in [3.63, 3.8) is 0 Å². The quantitative estimate of drug-likeness (QED) is 0.701. The summed E-state index contributed by atoms with van der Waals surface area (Å²) in [5.41, 5.74) is 0. The number of halogens is 1. The molecule has 2 rings (SSSR count). The fourth-order valence-electron chi connectivity index (χ4n) is 1.68. The molecule has 1 fully saturated rings. The molecule has 0 N–H and O–H groups in total. The van der Waals surface area contributed by atoms with Gasteiger partial charge in [0.1, 0.15) is 5.82 Å². The second-order valence-electron chi connectivity index (χ2n) is 3.61. The van der Waals surface area contributed by atoms with Gasteiger partial charge in [0.05, 0.1) is 5.38 Å². The number of aromatic nitrogens is 3. The maximum Gasteiger partial charge on any atom is 0.251 e. The molecule has 82 valence electrons. The van der Waals surface area contributed by atoms with E-state index in [9.17, 15) is 4.79 Å². The second-order valence-corrected chi connectivity index (χ2v) is 4.23. The second kappa shape index (κ2) is 3.81. The first-order chi connectivity index (χ1) is 7.11. The Balaban J connectivity index is 2.26. The summed E-state index contributed by atoms with van der Waals surface area (Å²) >= 11 is 5.91. The monoisotopic (exact) mass is 228 g/mol. The molecule has 1 unspecified atom stereocenters. The summed E-state index contributed by atoms with van der Waals surface area (Å²) in [4.78, 5) is 17.4. The molecule has 1 aliphatic rings. The van der Waals surface area contributed by atoms with Crippen LogP contribution in [0.3, 0.4) is 0 Å². The molecule has 1 aromatic rings. The largest absolute Gasteiger partial charge is 0.278 e. The van der Waals surface area contributed by atoms with Crippen molar-refractivity contribution < 1.29 is 4.79 Å². The SMILES string of the molecule is CCc1nc(N2CC(Cl)CC2=O)nn1C. The maximum absolute atomic E-state index is 11.5. The third kappa shape index (κ3) is 1.84. The third-order valence-corrected chi connectivity index (χ3v) is 2.77. The zero-order chi connectivity index (χ0) is 11.0. The van der Waals surface area contributed by atoms with Crippen LogP contribution < -0.4 is 4.90 Å². The zero-order valence-corrected chi connectivity index (χ0v) is 9.53. The topological polar surface area (TPSA) is 51.0 Å². The van der Waals surface area contributed by atoms with E-state index in [0.29, 0.717) is 18.9 Å². The van der Waals surface area contributed by atoms with Crippen molar-refractivity contribution in [3.8, 4) is 0 Å². The molecule has 0 spiro atoms. The summed E-state index contributed by atoms with van der Waals surface area (Å²) in [6, 6.07) is 0. The molecule has 1 atom stereocenters. The Morgan fingerprint density at radius 1 is 1.60 bits per heavy atom. The lowest BCUT2D eigenvalue weighted by Crippen LogP contribution is -2.25. The minimum atomic E-state index is -0.119. The number of aryl methyl sites for hydroxylation is 2. The van der Waals surface area contributed by atoms with Crippen LogP contribution in [0.4, 0.5) is 5.95 Å². The van der Waals surface area contributed by atoms with Crippen LogP contribution in [-0.2, 0) is 18.3 Å². The van der Waals surface area contributed by atoms with Gasteiger partial charge in [-0.25, -0.2) is 0 Å². The average Bonchev–Trinajstić information content (AvgIpc) is 2.69. The Labute approximate surface area is 93.0 Å². The number of amides is 1. The van der Waals surface area contributed by atoms with Gasteiger partial charge in [-0.1, -0.05) is 6.92 Å². The first-order valence-electron chi connectivity index (χ1n) is 4.96. The first-order valence-corrected chi connectivity index (χ1v) is 5.39. The third-order valence-electron chi connectivity index (χ3n) is 2.48. The number of carbonyl (C=O) groups excluding carboxylic acids is 1. The molecule has 0 aliphatic carbocycles.